The lowest BCUT2D eigenvalue weighted by Crippen LogP contribution is -2.17. The van der Waals surface area contributed by atoms with Crippen LogP contribution in [0.3, 0.4) is 0 Å². The van der Waals surface area contributed by atoms with Crippen molar-refractivity contribution in [3.8, 4) is 22.5 Å². The van der Waals surface area contributed by atoms with Gasteiger partial charge in [-0.1, -0.05) is 13.0 Å². The highest BCUT2D eigenvalue weighted by molar-refractivity contribution is 5.78. The van der Waals surface area contributed by atoms with Crippen LogP contribution in [-0.2, 0) is 6.54 Å². The predicted molar refractivity (Wildman–Crippen MR) is 113 cm³/mol. The highest BCUT2D eigenvalue weighted by atomic mass is 16.3. The topological polar surface area (TPSA) is 106 Å². The number of aromatic nitrogens is 7. The molecule has 2 unspecified atom stereocenters. The van der Waals surface area contributed by atoms with Crippen LogP contribution in [0.5, 0.6) is 0 Å². The summed E-state index contributed by atoms with van der Waals surface area (Å²) in [7, 11) is 0. The molecule has 4 aromatic rings. The summed E-state index contributed by atoms with van der Waals surface area (Å²) in [5, 5.41) is 32.1. The van der Waals surface area contributed by atoms with Crippen LogP contribution >= 0.6 is 0 Å². The largest absolute Gasteiger partial charge is 0.396 e. The van der Waals surface area contributed by atoms with Gasteiger partial charge in [0, 0.05) is 30.1 Å². The molecule has 0 aromatic carbocycles. The standard InChI is InChI=1S/C21H25N7O2/c1-3-17(4-2)27-12-16(10-24-27)21-20-5-7-22-28(20)14-19(25-21)15-9-23-26(11-15)13-18(30)6-8-29/h3,5,7,9-12,14,17-18,29-30H,1,4,6,8,13H2,2H3. The molecule has 0 aliphatic carbocycles. The first-order valence-electron chi connectivity index (χ1n) is 9.96. The minimum Gasteiger partial charge on any atom is -0.396 e. The highest BCUT2D eigenvalue weighted by Gasteiger charge is 2.15. The summed E-state index contributed by atoms with van der Waals surface area (Å²) in [4.78, 5) is 4.87. The van der Waals surface area contributed by atoms with Gasteiger partial charge in [-0.2, -0.15) is 15.3 Å². The minimum absolute atomic E-state index is 0.0609. The molecule has 0 bridgehead atoms. The van der Waals surface area contributed by atoms with E-state index in [4.69, 9.17) is 10.1 Å². The molecule has 0 aliphatic heterocycles. The van der Waals surface area contributed by atoms with E-state index < -0.39 is 6.10 Å². The number of allylic oxidation sites excluding steroid dienone is 1. The van der Waals surface area contributed by atoms with E-state index in [2.05, 4.69) is 28.8 Å². The third kappa shape index (κ3) is 3.89. The van der Waals surface area contributed by atoms with Crippen molar-refractivity contribution in [2.24, 2.45) is 0 Å². The number of fused-ring (bicyclic) bond motifs is 1. The molecule has 0 radical (unpaired) electrons. The molecule has 4 aromatic heterocycles. The Labute approximate surface area is 173 Å². The van der Waals surface area contributed by atoms with E-state index in [1.54, 1.807) is 27.8 Å². The zero-order valence-corrected chi connectivity index (χ0v) is 16.8. The van der Waals surface area contributed by atoms with Gasteiger partial charge < -0.3 is 10.2 Å². The van der Waals surface area contributed by atoms with Gasteiger partial charge in [0.05, 0.1) is 60.4 Å². The van der Waals surface area contributed by atoms with Gasteiger partial charge in [0.1, 0.15) is 0 Å². The van der Waals surface area contributed by atoms with Gasteiger partial charge >= 0.3 is 0 Å². The van der Waals surface area contributed by atoms with Crippen LogP contribution in [0.15, 0.2) is 55.9 Å². The summed E-state index contributed by atoms with van der Waals surface area (Å²) < 4.78 is 5.33. The quantitative estimate of drug-likeness (QED) is 0.413. The van der Waals surface area contributed by atoms with Crippen LogP contribution < -0.4 is 0 Å². The van der Waals surface area contributed by atoms with Crippen molar-refractivity contribution in [3.05, 3.63) is 55.9 Å². The Morgan fingerprint density at radius 1 is 1.13 bits per heavy atom. The normalized spacial score (nSPS) is 13.6. The van der Waals surface area contributed by atoms with Crippen LogP contribution in [0.25, 0.3) is 28.0 Å². The SMILES string of the molecule is C=CC(CC)n1cc(-c2nc(-c3cnn(CC(O)CCO)c3)cn3nccc23)cn1. The van der Waals surface area contributed by atoms with Crippen LogP contribution in [-0.4, -0.2) is 57.1 Å². The summed E-state index contributed by atoms with van der Waals surface area (Å²) in [6.45, 7) is 6.23. The minimum atomic E-state index is -0.651. The molecule has 4 rings (SSSR count). The summed E-state index contributed by atoms with van der Waals surface area (Å²) in [5.41, 5.74) is 4.09. The smallest absolute Gasteiger partial charge is 0.0999 e. The fourth-order valence-electron chi connectivity index (χ4n) is 3.43. The first-order valence-corrected chi connectivity index (χ1v) is 9.96. The van der Waals surface area contributed by atoms with E-state index in [1.165, 1.54) is 0 Å². The van der Waals surface area contributed by atoms with Gasteiger partial charge in [-0.15, -0.1) is 6.58 Å². The van der Waals surface area contributed by atoms with Crippen molar-refractivity contribution in [1.82, 2.24) is 34.2 Å². The van der Waals surface area contributed by atoms with E-state index in [0.717, 1.165) is 28.8 Å². The van der Waals surface area contributed by atoms with E-state index >= 15 is 0 Å². The van der Waals surface area contributed by atoms with Crippen molar-refractivity contribution < 1.29 is 10.2 Å². The predicted octanol–water partition coefficient (Wildman–Crippen LogP) is 2.34. The van der Waals surface area contributed by atoms with E-state index in [9.17, 15) is 5.11 Å². The fraction of sp³-hybridized carbons (Fsp3) is 0.333. The molecule has 0 aliphatic rings. The first-order chi connectivity index (χ1) is 14.6. The summed E-state index contributed by atoms with van der Waals surface area (Å²) in [6.07, 6.45) is 13.4. The number of rotatable bonds is 9. The third-order valence-electron chi connectivity index (χ3n) is 5.08. The fourth-order valence-corrected chi connectivity index (χ4v) is 3.43. The Morgan fingerprint density at radius 3 is 2.73 bits per heavy atom. The third-order valence-corrected chi connectivity index (χ3v) is 5.08. The zero-order chi connectivity index (χ0) is 21.1. The Kier molecular flexibility index (Phi) is 5.73. The summed E-state index contributed by atoms with van der Waals surface area (Å²) >= 11 is 0. The maximum absolute atomic E-state index is 9.91. The number of aliphatic hydroxyl groups is 2. The molecule has 2 atom stereocenters. The molecule has 4 heterocycles. The van der Waals surface area contributed by atoms with E-state index in [0.29, 0.717) is 18.7 Å². The highest BCUT2D eigenvalue weighted by Crippen LogP contribution is 2.27. The molecule has 0 amide bonds. The molecule has 9 heteroatoms. The van der Waals surface area contributed by atoms with Gasteiger partial charge in [0.2, 0.25) is 0 Å². The first kappa shape index (κ1) is 20.0. The number of nitrogens with zero attached hydrogens (tertiary/aromatic N) is 7. The molecular weight excluding hydrogens is 382 g/mol. The molecule has 0 fully saturated rings. The molecule has 9 nitrogen and oxygen atoms in total. The van der Waals surface area contributed by atoms with Crippen molar-refractivity contribution in [2.45, 2.75) is 38.5 Å². The second kappa shape index (κ2) is 8.60. The Morgan fingerprint density at radius 2 is 1.97 bits per heavy atom. The number of aliphatic hydroxyl groups excluding tert-OH is 2. The second-order valence-electron chi connectivity index (χ2n) is 7.17. The maximum Gasteiger partial charge on any atom is 0.0999 e. The molecule has 0 saturated carbocycles. The molecule has 30 heavy (non-hydrogen) atoms. The van der Waals surface area contributed by atoms with Crippen LogP contribution in [0, 0.1) is 0 Å². The van der Waals surface area contributed by atoms with Crippen molar-refractivity contribution >= 4 is 5.52 Å². The van der Waals surface area contributed by atoms with E-state index in [-0.39, 0.29) is 12.6 Å². The Hall–Kier alpha value is -3.30. The number of hydrogen-bond acceptors (Lipinski definition) is 6. The molecule has 0 saturated heterocycles. The molecular formula is C21H25N7O2. The van der Waals surface area contributed by atoms with Gasteiger partial charge in [0.25, 0.3) is 0 Å². The van der Waals surface area contributed by atoms with Gasteiger partial charge in [-0.05, 0) is 18.9 Å². The summed E-state index contributed by atoms with van der Waals surface area (Å²) in [6, 6.07) is 2.05. The van der Waals surface area contributed by atoms with Crippen molar-refractivity contribution in [3.63, 3.8) is 0 Å². The van der Waals surface area contributed by atoms with Gasteiger partial charge in [-0.3, -0.25) is 9.36 Å². The van der Waals surface area contributed by atoms with Crippen LogP contribution in [0.4, 0.5) is 0 Å². The van der Waals surface area contributed by atoms with Crippen molar-refractivity contribution in [1.29, 1.82) is 0 Å². The molecule has 2 N–H and O–H groups in total. The lowest BCUT2D eigenvalue weighted by molar-refractivity contribution is 0.113. The molecule has 156 valence electrons. The average molecular weight is 407 g/mol. The lowest BCUT2D eigenvalue weighted by Gasteiger charge is -2.09. The lowest BCUT2D eigenvalue weighted by atomic mass is 10.2. The monoisotopic (exact) mass is 407 g/mol. The summed E-state index contributed by atoms with van der Waals surface area (Å²) in [5.74, 6) is 0. The van der Waals surface area contributed by atoms with Crippen molar-refractivity contribution in [2.75, 3.05) is 6.61 Å². The van der Waals surface area contributed by atoms with Crippen LogP contribution in [0.1, 0.15) is 25.8 Å². The van der Waals surface area contributed by atoms with Crippen LogP contribution in [0.2, 0.25) is 0 Å². The maximum atomic E-state index is 9.91. The average Bonchev–Trinajstić information content (AvgIpc) is 3.49. The van der Waals surface area contributed by atoms with Gasteiger partial charge in [0.15, 0.2) is 0 Å². The van der Waals surface area contributed by atoms with Gasteiger partial charge in [-0.25, -0.2) is 9.50 Å². The Bertz CT molecular complexity index is 1140. The van der Waals surface area contributed by atoms with E-state index in [1.807, 2.05) is 35.4 Å². The Balaban J connectivity index is 1.71. The number of hydrogen-bond donors (Lipinski definition) is 2. The zero-order valence-electron chi connectivity index (χ0n) is 16.8. The second-order valence-corrected chi connectivity index (χ2v) is 7.17. The molecule has 0 spiro atoms.